The molecule has 2 aromatic heterocycles. The number of benzene rings is 1. The number of anilines is 1. The van der Waals surface area contributed by atoms with E-state index in [9.17, 15) is 9.59 Å². The number of fused-ring (bicyclic) bond motifs is 2. The lowest BCUT2D eigenvalue weighted by molar-refractivity contribution is -0.132. The fourth-order valence-corrected chi connectivity index (χ4v) is 4.83. The minimum Gasteiger partial charge on any atom is -0.338 e. The molecule has 4 heterocycles. The minimum absolute atomic E-state index is 0.0290. The van der Waals surface area contributed by atoms with Crippen LogP contribution in [0.3, 0.4) is 0 Å². The maximum Gasteiger partial charge on any atom is 0.232 e. The Hall–Kier alpha value is -3.49. The number of rotatable bonds is 6. The molecule has 0 saturated carbocycles. The zero-order chi connectivity index (χ0) is 22.2. The lowest BCUT2D eigenvalue weighted by Gasteiger charge is -2.28. The number of hydrogen-bond donors (Lipinski definition) is 1. The lowest BCUT2D eigenvalue weighted by Crippen LogP contribution is -2.36. The normalized spacial score (nSPS) is 17.2. The molecule has 166 valence electrons. The van der Waals surface area contributed by atoms with E-state index in [4.69, 9.17) is 5.10 Å². The number of nitrogens with one attached hydrogen (secondary N) is 1. The molecule has 1 aromatic carbocycles. The number of carbonyl (C=O) groups excluding carboxylic acids is 2. The van der Waals surface area contributed by atoms with Gasteiger partial charge in [0.15, 0.2) is 5.82 Å². The number of para-hydroxylation sites is 1. The molecule has 1 atom stereocenters. The molecule has 0 saturated heterocycles. The Morgan fingerprint density at radius 1 is 1.28 bits per heavy atom. The molecular formula is C23H27N7O2. The third-order valence-electron chi connectivity index (χ3n) is 6.56. The van der Waals surface area contributed by atoms with E-state index in [-0.39, 0.29) is 17.7 Å². The van der Waals surface area contributed by atoms with Gasteiger partial charge < -0.3 is 14.8 Å². The summed E-state index contributed by atoms with van der Waals surface area (Å²) in [5.74, 6) is 0.720. The topological polar surface area (TPSA) is 97.9 Å². The first-order chi connectivity index (χ1) is 15.6. The van der Waals surface area contributed by atoms with Gasteiger partial charge in [-0.1, -0.05) is 18.2 Å². The summed E-state index contributed by atoms with van der Waals surface area (Å²) in [7, 11) is 1.94. The number of aryl methyl sites for hydroxylation is 2. The van der Waals surface area contributed by atoms with Crippen molar-refractivity contribution in [2.75, 3.05) is 11.9 Å². The molecular weight excluding hydrogens is 406 g/mol. The summed E-state index contributed by atoms with van der Waals surface area (Å²) in [6.45, 7) is 4.01. The third kappa shape index (κ3) is 3.47. The third-order valence-corrected chi connectivity index (χ3v) is 6.56. The highest BCUT2D eigenvalue weighted by molar-refractivity contribution is 6.02. The number of aromatic nitrogens is 5. The standard InChI is InChI=1S/C23H27N7O2/c1-3-29-14-24-26-22(29)21-17-13-30(12-11-19(17)28(2)27-21)20(31)10-6-8-16-15-7-4-5-9-18(15)25-23(16)32/h4-5,7,9,14,16H,3,6,8,10-13H2,1-2H3,(H,25,32). The Balaban J connectivity index is 1.25. The lowest BCUT2D eigenvalue weighted by atomic mass is 9.94. The molecule has 0 fully saturated rings. The van der Waals surface area contributed by atoms with E-state index in [2.05, 4.69) is 15.5 Å². The summed E-state index contributed by atoms with van der Waals surface area (Å²) >= 11 is 0. The summed E-state index contributed by atoms with van der Waals surface area (Å²) in [5.41, 5.74) is 4.93. The van der Waals surface area contributed by atoms with Crippen LogP contribution in [-0.4, -0.2) is 47.8 Å². The molecule has 2 amide bonds. The maximum atomic E-state index is 13.0. The first-order valence-electron chi connectivity index (χ1n) is 11.2. The number of carbonyl (C=O) groups is 2. The summed E-state index contributed by atoms with van der Waals surface area (Å²) in [5, 5.41) is 15.9. The Kier molecular flexibility index (Phi) is 5.24. The van der Waals surface area contributed by atoms with Crippen molar-refractivity contribution in [3.8, 4) is 11.5 Å². The van der Waals surface area contributed by atoms with Crippen LogP contribution in [0.2, 0.25) is 0 Å². The smallest absolute Gasteiger partial charge is 0.232 e. The molecule has 1 N–H and O–H groups in total. The summed E-state index contributed by atoms with van der Waals surface area (Å²) < 4.78 is 3.87. The molecule has 9 nitrogen and oxygen atoms in total. The molecule has 2 aliphatic heterocycles. The first kappa shape index (κ1) is 20.4. The number of hydrogen-bond acceptors (Lipinski definition) is 5. The van der Waals surface area contributed by atoms with Gasteiger partial charge in [-0.2, -0.15) is 5.10 Å². The van der Waals surface area contributed by atoms with Crippen molar-refractivity contribution in [2.24, 2.45) is 7.05 Å². The van der Waals surface area contributed by atoms with Crippen LogP contribution in [0.15, 0.2) is 30.6 Å². The number of nitrogens with zero attached hydrogens (tertiary/aromatic N) is 6. The van der Waals surface area contributed by atoms with Crippen LogP contribution in [0.5, 0.6) is 0 Å². The van der Waals surface area contributed by atoms with E-state index in [0.717, 1.165) is 47.0 Å². The van der Waals surface area contributed by atoms with Gasteiger partial charge in [0, 0.05) is 56.5 Å². The van der Waals surface area contributed by atoms with Crippen LogP contribution in [0, 0.1) is 0 Å². The Morgan fingerprint density at radius 3 is 2.97 bits per heavy atom. The van der Waals surface area contributed by atoms with Crippen LogP contribution < -0.4 is 5.32 Å². The molecule has 32 heavy (non-hydrogen) atoms. The second-order valence-corrected chi connectivity index (χ2v) is 8.42. The molecule has 0 radical (unpaired) electrons. The fraction of sp³-hybridized carbons (Fsp3) is 0.435. The van der Waals surface area contributed by atoms with Gasteiger partial charge in [-0.05, 0) is 31.4 Å². The molecule has 5 rings (SSSR count). The molecule has 1 unspecified atom stereocenters. The minimum atomic E-state index is -0.169. The highest BCUT2D eigenvalue weighted by atomic mass is 16.2. The van der Waals surface area contributed by atoms with Crippen LogP contribution >= 0.6 is 0 Å². The van der Waals surface area contributed by atoms with Gasteiger partial charge in [0.2, 0.25) is 11.8 Å². The first-order valence-corrected chi connectivity index (χ1v) is 11.2. The van der Waals surface area contributed by atoms with Gasteiger partial charge in [0.05, 0.1) is 5.92 Å². The van der Waals surface area contributed by atoms with Crippen molar-refractivity contribution >= 4 is 17.5 Å². The van der Waals surface area contributed by atoms with Gasteiger partial charge in [-0.3, -0.25) is 14.3 Å². The average Bonchev–Trinajstić information content (AvgIpc) is 3.49. The Bertz CT molecular complexity index is 1180. The van der Waals surface area contributed by atoms with Crippen molar-refractivity contribution < 1.29 is 9.59 Å². The summed E-state index contributed by atoms with van der Waals surface area (Å²) in [4.78, 5) is 27.2. The van der Waals surface area contributed by atoms with Crippen LogP contribution in [0.4, 0.5) is 5.69 Å². The van der Waals surface area contributed by atoms with E-state index in [1.807, 2.05) is 52.4 Å². The van der Waals surface area contributed by atoms with Crippen molar-refractivity contribution in [3.63, 3.8) is 0 Å². The van der Waals surface area contributed by atoms with Crippen LogP contribution in [0.1, 0.15) is 48.9 Å². The van der Waals surface area contributed by atoms with Gasteiger partial charge in [0.25, 0.3) is 0 Å². The fourth-order valence-electron chi connectivity index (χ4n) is 4.83. The van der Waals surface area contributed by atoms with Gasteiger partial charge in [-0.15, -0.1) is 10.2 Å². The quantitative estimate of drug-likeness (QED) is 0.644. The highest BCUT2D eigenvalue weighted by Gasteiger charge is 2.31. The molecule has 0 bridgehead atoms. The van der Waals surface area contributed by atoms with E-state index >= 15 is 0 Å². The van der Waals surface area contributed by atoms with E-state index in [1.54, 1.807) is 6.33 Å². The van der Waals surface area contributed by atoms with Crippen molar-refractivity contribution in [1.82, 2.24) is 29.4 Å². The zero-order valence-corrected chi connectivity index (χ0v) is 18.4. The zero-order valence-electron chi connectivity index (χ0n) is 18.4. The molecule has 0 spiro atoms. The van der Waals surface area contributed by atoms with E-state index in [0.29, 0.717) is 32.4 Å². The average molecular weight is 434 g/mol. The molecule has 2 aliphatic rings. The SMILES string of the molecule is CCn1cnnc1-c1nn(C)c2c1CN(C(=O)CCCC1C(=O)Nc3ccccc31)CC2. The molecule has 9 heteroatoms. The predicted molar refractivity (Wildman–Crippen MR) is 119 cm³/mol. The Morgan fingerprint density at radius 2 is 2.12 bits per heavy atom. The van der Waals surface area contributed by atoms with Crippen molar-refractivity contribution in [3.05, 3.63) is 47.4 Å². The van der Waals surface area contributed by atoms with E-state index in [1.165, 1.54) is 0 Å². The van der Waals surface area contributed by atoms with Crippen LogP contribution in [-0.2, 0) is 36.1 Å². The summed E-state index contributed by atoms with van der Waals surface area (Å²) in [6, 6.07) is 7.79. The molecule has 0 aliphatic carbocycles. The predicted octanol–water partition coefficient (Wildman–Crippen LogP) is 2.49. The van der Waals surface area contributed by atoms with Gasteiger partial charge in [-0.25, -0.2) is 0 Å². The van der Waals surface area contributed by atoms with E-state index < -0.39 is 0 Å². The van der Waals surface area contributed by atoms with Crippen molar-refractivity contribution in [2.45, 2.75) is 51.6 Å². The van der Waals surface area contributed by atoms with Crippen molar-refractivity contribution in [1.29, 1.82) is 0 Å². The Labute approximate surface area is 186 Å². The maximum absolute atomic E-state index is 13.0. The second-order valence-electron chi connectivity index (χ2n) is 8.42. The number of amides is 2. The molecule has 3 aromatic rings. The highest BCUT2D eigenvalue weighted by Crippen LogP contribution is 2.35. The largest absolute Gasteiger partial charge is 0.338 e. The van der Waals surface area contributed by atoms with Crippen LogP contribution in [0.25, 0.3) is 11.5 Å². The van der Waals surface area contributed by atoms with Gasteiger partial charge >= 0.3 is 0 Å². The van der Waals surface area contributed by atoms with Gasteiger partial charge in [0.1, 0.15) is 12.0 Å². The summed E-state index contributed by atoms with van der Waals surface area (Å²) in [6.07, 6.45) is 4.26. The second kappa shape index (κ2) is 8.22. The monoisotopic (exact) mass is 433 g/mol.